The van der Waals surface area contributed by atoms with Gasteiger partial charge in [0.25, 0.3) is 5.91 Å². The van der Waals surface area contributed by atoms with Gasteiger partial charge in [0.1, 0.15) is 6.07 Å². The van der Waals surface area contributed by atoms with Crippen molar-refractivity contribution >= 4 is 11.6 Å². The van der Waals surface area contributed by atoms with Crippen LogP contribution in [0.5, 0.6) is 0 Å². The molecule has 3 rings (SSSR count). The zero-order chi connectivity index (χ0) is 22.8. The number of carbonyl (C=O) groups is 1. The van der Waals surface area contributed by atoms with Gasteiger partial charge in [0.05, 0.1) is 23.1 Å². The highest BCUT2D eigenvalue weighted by Crippen LogP contribution is 2.28. The number of hydrogen-bond acceptors (Lipinski definition) is 5. The molecule has 0 aliphatic carbocycles. The molecule has 31 heavy (non-hydrogen) atoms. The number of rotatable bonds is 4. The highest BCUT2D eigenvalue weighted by Gasteiger charge is 2.18. The molecule has 3 aromatic rings. The second kappa shape index (κ2) is 8.65. The molecule has 0 aliphatic rings. The van der Waals surface area contributed by atoms with Crippen LogP contribution in [0.3, 0.4) is 0 Å². The third-order valence-corrected chi connectivity index (χ3v) is 5.03. The normalized spacial score (nSPS) is 11.3. The molecule has 0 saturated heterocycles. The monoisotopic (exact) mass is 413 g/mol. The minimum atomic E-state index is -0.226. The van der Waals surface area contributed by atoms with E-state index in [1.807, 2.05) is 39.0 Å². The van der Waals surface area contributed by atoms with Crippen molar-refractivity contribution in [2.75, 3.05) is 5.32 Å². The van der Waals surface area contributed by atoms with Gasteiger partial charge in [-0.2, -0.15) is 5.26 Å². The summed E-state index contributed by atoms with van der Waals surface area (Å²) < 4.78 is 0. The van der Waals surface area contributed by atoms with Crippen molar-refractivity contribution in [3.63, 3.8) is 0 Å². The number of carbonyl (C=O) groups excluding carboxylic acids is 1. The fourth-order valence-corrected chi connectivity index (χ4v) is 3.25. The molecule has 0 unspecified atom stereocenters. The lowest BCUT2D eigenvalue weighted by atomic mass is 9.91. The smallest absolute Gasteiger partial charge is 0.255 e. The SMILES string of the molecule is Cc1ncc(NC(=O)c2ccnc(C(C)(C)C)c2)cc1-c1cnc(C(C)C)c(C#N)c1. The number of nitrogens with one attached hydrogen (secondary N) is 1. The molecule has 0 radical (unpaired) electrons. The lowest BCUT2D eigenvalue weighted by molar-refractivity contribution is 0.102. The standard InChI is InChI=1S/C25H27N5O/c1-15(2)23-18(12-26)9-19(13-29-23)21-11-20(14-28-16(21)3)30-24(31)17-7-8-27-22(10-17)25(4,5)6/h7-11,13-15H,1-6H3,(H,30,31). The summed E-state index contributed by atoms with van der Waals surface area (Å²) >= 11 is 0. The second-order valence-corrected chi connectivity index (χ2v) is 8.91. The van der Waals surface area contributed by atoms with Crippen LogP contribution in [0, 0.1) is 18.3 Å². The molecule has 158 valence electrons. The van der Waals surface area contributed by atoms with E-state index in [0.29, 0.717) is 16.8 Å². The third kappa shape index (κ3) is 4.95. The predicted octanol–water partition coefficient (Wildman–Crippen LogP) is 5.39. The van der Waals surface area contributed by atoms with E-state index in [0.717, 1.165) is 28.2 Å². The first-order valence-corrected chi connectivity index (χ1v) is 10.2. The van der Waals surface area contributed by atoms with Gasteiger partial charge in [0.2, 0.25) is 0 Å². The average molecular weight is 414 g/mol. The zero-order valence-corrected chi connectivity index (χ0v) is 18.8. The van der Waals surface area contributed by atoms with Crippen molar-refractivity contribution in [1.29, 1.82) is 5.26 Å². The van der Waals surface area contributed by atoms with Gasteiger partial charge >= 0.3 is 0 Å². The molecule has 0 atom stereocenters. The minimum absolute atomic E-state index is 0.150. The van der Waals surface area contributed by atoms with Crippen molar-refractivity contribution in [3.8, 4) is 17.2 Å². The summed E-state index contributed by atoms with van der Waals surface area (Å²) in [5, 5.41) is 12.4. The van der Waals surface area contributed by atoms with Crippen molar-refractivity contribution in [3.05, 3.63) is 71.1 Å². The number of anilines is 1. The first kappa shape index (κ1) is 22.1. The number of nitriles is 1. The molecule has 3 aromatic heterocycles. The van der Waals surface area contributed by atoms with E-state index in [2.05, 4.69) is 47.1 Å². The fraction of sp³-hybridized carbons (Fsp3) is 0.320. The van der Waals surface area contributed by atoms with Crippen molar-refractivity contribution in [2.24, 2.45) is 0 Å². The lowest BCUT2D eigenvalue weighted by Gasteiger charge is -2.18. The van der Waals surface area contributed by atoms with Gasteiger partial charge in [-0.05, 0) is 37.1 Å². The summed E-state index contributed by atoms with van der Waals surface area (Å²) in [5.41, 5.74) is 5.54. The second-order valence-electron chi connectivity index (χ2n) is 8.91. The van der Waals surface area contributed by atoms with Crippen LogP contribution in [0.2, 0.25) is 0 Å². The highest BCUT2D eigenvalue weighted by atomic mass is 16.1. The van der Waals surface area contributed by atoms with Gasteiger partial charge in [-0.1, -0.05) is 34.6 Å². The molecule has 0 aromatic carbocycles. The average Bonchev–Trinajstić information content (AvgIpc) is 2.74. The van der Waals surface area contributed by atoms with Crippen LogP contribution in [-0.4, -0.2) is 20.9 Å². The predicted molar refractivity (Wildman–Crippen MR) is 122 cm³/mol. The van der Waals surface area contributed by atoms with Crippen LogP contribution in [0.1, 0.15) is 73.5 Å². The summed E-state index contributed by atoms with van der Waals surface area (Å²) in [6.45, 7) is 12.1. The topological polar surface area (TPSA) is 91.6 Å². The molecule has 0 spiro atoms. The number of pyridine rings is 3. The Kier molecular flexibility index (Phi) is 6.16. The van der Waals surface area contributed by atoms with Crippen molar-refractivity contribution in [1.82, 2.24) is 15.0 Å². The van der Waals surface area contributed by atoms with Gasteiger partial charge in [-0.15, -0.1) is 0 Å². The largest absolute Gasteiger partial charge is 0.321 e. The van der Waals surface area contributed by atoms with E-state index in [9.17, 15) is 10.1 Å². The molecule has 0 saturated carbocycles. The Morgan fingerprint density at radius 1 is 1.10 bits per heavy atom. The molecule has 1 amide bonds. The maximum absolute atomic E-state index is 12.8. The fourth-order valence-electron chi connectivity index (χ4n) is 3.25. The Labute approximate surface area is 183 Å². The highest BCUT2D eigenvalue weighted by molar-refractivity contribution is 6.04. The third-order valence-electron chi connectivity index (χ3n) is 5.03. The molecule has 1 N–H and O–H groups in total. The Balaban J connectivity index is 1.92. The molecular formula is C25H27N5O. The number of hydrogen-bond donors (Lipinski definition) is 1. The molecule has 0 aliphatic heterocycles. The van der Waals surface area contributed by atoms with Crippen LogP contribution in [0.25, 0.3) is 11.1 Å². The zero-order valence-electron chi connectivity index (χ0n) is 18.8. The summed E-state index contributed by atoms with van der Waals surface area (Å²) in [6.07, 6.45) is 5.04. The van der Waals surface area contributed by atoms with Gasteiger partial charge < -0.3 is 5.32 Å². The maximum Gasteiger partial charge on any atom is 0.255 e. The van der Waals surface area contributed by atoms with Gasteiger partial charge in [0.15, 0.2) is 0 Å². The quantitative estimate of drug-likeness (QED) is 0.619. The van der Waals surface area contributed by atoms with E-state index < -0.39 is 0 Å². The van der Waals surface area contributed by atoms with Gasteiger partial charge in [0, 0.05) is 45.9 Å². The summed E-state index contributed by atoms with van der Waals surface area (Å²) in [7, 11) is 0. The van der Waals surface area contributed by atoms with Crippen LogP contribution in [-0.2, 0) is 5.41 Å². The van der Waals surface area contributed by atoms with E-state index in [4.69, 9.17) is 0 Å². The van der Waals surface area contributed by atoms with Crippen LogP contribution < -0.4 is 5.32 Å². The van der Waals surface area contributed by atoms with E-state index >= 15 is 0 Å². The Morgan fingerprint density at radius 2 is 1.84 bits per heavy atom. The number of aryl methyl sites for hydroxylation is 1. The van der Waals surface area contributed by atoms with E-state index in [1.54, 1.807) is 24.7 Å². The first-order chi connectivity index (χ1) is 14.6. The molecule has 6 heteroatoms. The maximum atomic E-state index is 12.8. The number of amides is 1. The van der Waals surface area contributed by atoms with E-state index in [-0.39, 0.29) is 17.2 Å². The van der Waals surface area contributed by atoms with Crippen LogP contribution in [0.15, 0.2) is 42.9 Å². The molecular weight excluding hydrogens is 386 g/mol. The van der Waals surface area contributed by atoms with Crippen LogP contribution in [0.4, 0.5) is 5.69 Å². The molecule has 6 nitrogen and oxygen atoms in total. The van der Waals surface area contributed by atoms with Crippen LogP contribution >= 0.6 is 0 Å². The lowest BCUT2D eigenvalue weighted by Crippen LogP contribution is -2.17. The summed E-state index contributed by atoms with van der Waals surface area (Å²) in [6, 6.07) is 9.43. The molecule has 0 fully saturated rings. The van der Waals surface area contributed by atoms with Gasteiger partial charge in [-0.3, -0.25) is 19.7 Å². The number of nitrogens with zero attached hydrogens (tertiary/aromatic N) is 4. The van der Waals surface area contributed by atoms with Crippen molar-refractivity contribution in [2.45, 2.75) is 52.9 Å². The molecule has 3 heterocycles. The summed E-state index contributed by atoms with van der Waals surface area (Å²) in [5.74, 6) is -0.0672. The van der Waals surface area contributed by atoms with Gasteiger partial charge in [-0.25, -0.2) is 0 Å². The molecule has 0 bridgehead atoms. The minimum Gasteiger partial charge on any atom is -0.321 e. The Hall–Kier alpha value is -3.59. The number of aromatic nitrogens is 3. The summed E-state index contributed by atoms with van der Waals surface area (Å²) in [4.78, 5) is 26.1. The Bertz CT molecular complexity index is 1170. The van der Waals surface area contributed by atoms with E-state index in [1.165, 1.54) is 0 Å². The van der Waals surface area contributed by atoms with Crippen molar-refractivity contribution < 1.29 is 4.79 Å². The first-order valence-electron chi connectivity index (χ1n) is 10.2. The Morgan fingerprint density at radius 3 is 2.48 bits per heavy atom.